The Hall–Kier alpha value is -0.570. The first kappa shape index (κ1) is 9.52. The van der Waals surface area contributed by atoms with E-state index < -0.39 is 0 Å². The van der Waals surface area contributed by atoms with E-state index in [-0.39, 0.29) is 5.97 Å². The van der Waals surface area contributed by atoms with E-state index in [0.717, 1.165) is 25.7 Å². The molecular weight excluding hydrogens is 154 g/mol. The van der Waals surface area contributed by atoms with Crippen molar-refractivity contribution in [3.05, 3.63) is 0 Å². The molecule has 1 aliphatic rings. The van der Waals surface area contributed by atoms with Gasteiger partial charge in [-0.15, -0.1) is 0 Å². The van der Waals surface area contributed by atoms with Gasteiger partial charge in [0.1, 0.15) is 0 Å². The van der Waals surface area contributed by atoms with Gasteiger partial charge in [0.15, 0.2) is 0 Å². The van der Waals surface area contributed by atoms with Gasteiger partial charge in [0.2, 0.25) is 0 Å². The van der Waals surface area contributed by atoms with Crippen molar-refractivity contribution in [1.29, 1.82) is 0 Å². The summed E-state index contributed by atoms with van der Waals surface area (Å²) in [6.45, 7) is 2.04. The molecule has 0 spiro atoms. The Morgan fingerprint density at radius 1 is 1.42 bits per heavy atom. The number of carbonyl (C=O) groups is 1. The molecule has 3 heteroatoms. The van der Waals surface area contributed by atoms with Crippen LogP contribution in [0.25, 0.3) is 0 Å². The first-order valence-electron chi connectivity index (χ1n) is 4.57. The average molecular weight is 171 g/mol. The zero-order valence-electron chi connectivity index (χ0n) is 7.58. The molecule has 0 unspecified atom stereocenters. The van der Waals surface area contributed by atoms with Crippen LogP contribution in [0.1, 0.15) is 32.6 Å². The molecule has 0 aliphatic heterocycles. The Labute approximate surface area is 73.3 Å². The fourth-order valence-electron chi connectivity index (χ4n) is 1.59. The fraction of sp³-hybridized carbons (Fsp3) is 0.889. The maximum atomic E-state index is 10.5. The van der Waals surface area contributed by atoms with Gasteiger partial charge >= 0.3 is 5.97 Å². The Morgan fingerprint density at radius 3 is 2.50 bits per heavy atom. The molecule has 12 heavy (non-hydrogen) atoms. The lowest BCUT2D eigenvalue weighted by Crippen LogP contribution is -2.28. The second kappa shape index (κ2) is 4.45. The maximum absolute atomic E-state index is 10.5. The van der Waals surface area contributed by atoms with Gasteiger partial charge in [0.05, 0.1) is 6.61 Å². The van der Waals surface area contributed by atoms with Crippen molar-refractivity contribution in [2.45, 2.75) is 38.6 Å². The van der Waals surface area contributed by atoms with E-state index in [1.54, 1.807) is 0 Å². The van der Waals surface area contributed by atoms with Crippen molar-refractivity contribution in [1.82, 2.24) is 0 Å². The van der Waals surface area contributed by atoms with E-state index >= 15 is 0 Å². The molecule has 0 aromatic carbocycles. The van der Waals surface area contributed by atoms with Gasteiger partial charge in [0.25, 0.3) is 0 Å². The zero-order valence-corrected chi connectivity index (χ0v) is 7.58. The largest absolute Gasteiger partial charge is 0.466 e. The van der Waals surface area contributed by atoms with Crippen LogP contribution < -0.4 is 5.73 Å². The highest BCUT2D eigenvalue weighted by molar-refractivity contribution is 5.65. The molecule has 0 heterocycles. The molecule has 1 rings (SSSR count). The number of ether oxygens (including phenoxy) is 1. The van der Waals surface area contributed by atoms with Crippen molar-refractivity contribution >= 4 is 5.97 Å². The topological polar surface area (TPSA) is 52.3 Å². The first-order valence-corrected chi connectivity index (χ1v) is 4.57. The van der Waals surface area contributed by atoms with Crippen LogP contribution in [0.4, 0.5) is 0 Å². The van der Waals surface area contributed by atoms with Crippen molar-refractivity contribution in [3.63, 3.8) is 0 Å². The van der Waals surface area contributed by atoms with Crippen LogP contribution >= 0.6 is 0 Å². The summed E-state index contributed by atoms with van der Waals surface area (Å²) < 4.78 is 4.94. The smallest absolute Gasteiger partial charge is 0.302 e. The van der Waals surface area contributed by atoms with Crippen molar-refractivity contribution < 1.29 is 9.53 Å². The molecule has 2 N–H and O–H groups in total. The third-order valence-electron chi connectivity index (χ3n) is 2.41. The minimum Gasteiger partial charge on any atom is -0.466 e. The number of rotatable bonds is 2. The van der Waals surface area contributed by atoms with E-state index in [0.29, 0.717) is 18.6 Å². The normalized spacial score (nSPS) is 29.8. The van der Waals surface area contributed by atoms with Crippen LogP contribution in [0.3, 0.4) is 0 Å². The highest BCUT2D eigenvalue weighted by Gasteiger charge is 2.18. The molecule has 0 aromatic heterocycles. The Kier molecular flexibility index (Phi) is 3.53. The number of carbonyl (C=O) groups excluding carboxylic acids is 1. The van der Waals surface area contributed by atoms with Gasteiger partial charge in [-0.05, 0) is 31.6 Å². The van der Waals surface area contributed by atoms with Crippen LogP contribution in [-0.4, -0.2) is 18.6 Å². The lowest BCUT2D eigenvalue weighted by Gasteiger charge is -2.25. The van der Waals surface area contributed by atoms with Crippen molar-refractivity contribution in [2.75, 3.05) is 6.61 Å². The molecule has 0 saturated heterocycles. The molecule has 0 atom stereocenters. The van der Waals surface area contributed by atoms with E-state index in [1.165, 1.54) is 6.92 Å². The first-order chi connectivity index (χ1) is 5.68. The summed E-state index contributed by atoms with van der Waals surface area (Å²) in [4.78, 5) is 10.5. The summed E-state index contributed by atoms with van der Waals surface area (Å²) >= 11 is 0. The molecule has 70 valence electrons. The summed E-state index contributed by atoms with van der Waals surface area (Å²) in [6, 6.07) is 0.374. The quantitative estimate of drug-likeness (QED) is 0.632. The van der Waals surface area contributed by atoms with Crippen LogP contribution in [-0.2, 0) is 9.53 Å². The second-order valence-electron chi connectivity index (χ2n) is 3.58. The monoisotopic (exact) mass is 171 g/mol. The standard InChI is InChI=1S/C9H17NO2/c1-7(11)12-6-8-2-4-9(10)5-3-8/h8-9H,2-6,10H2,1H3/t8-,9-. The van der Waals surface area contributed by atoms with E-state index in [2.05, 4.69) is 0 Å². The van der Waals surface area contributed by atoms with Crippen LogP contribution in [0, 0.1) is 5.92 Å². The van der Waals surface area contributed by atoms with Gasteiger partial charge < -0.3 is 10.5 Å². The second-order valence-corrected chi connectivity index (χ2v) is 3.58. The molecule has 1 saturated carbocycles. The number of esters is 1. The third kappa shape index (κ3) is 3.22. The van der Waals surface area contributed by atoms with E-state index in [9.17, 15) is 4.79 Å². The summed E-state index contributed by atoms with van der Waals surface area (Å²) in [6.07, 6.45) is 4.36. The Balaban J connectivity index is 2.13. The predicted molar refractivity (Wildman–Crippen MR) is 46.6 cm³/mol. The van der Waals surface area contributed by atoms with Crippen molar-refractivity contribution in [3.8, 4) is 0 Å². The Bertz CT molecular complexity index is 151. The molecule has 0 aromatic rings. The minimum absolute atomic E-state index is 0.176. The molecule has 0 bridgehead atoms. The summed E-state index contributed by atoms with van der Waals surface area (Å²) in [7, 11) is 0. The minimum atomic E-state index is -0.176. The summed E-state index contributed by atoms with van der Waals surface area (Å²) in [5.74, 6) is 0.374. The lowest BCUT2D eigenvalue weighted by atomic mass is 9.87. The van der Waals surface area contributed by atoms with Gasteiger partial charge in [-0.25, -0.2) is 0 Å². The van der Waals surface area contributed by atoms with Gasteiger partial charge in [0, 0.05) is 13.0 Å². The SMILES string of the molecule is CC(=O)OC[C@H]1CC[C@H](N)CC1. The van der Waals surface area contributed by atoms with Crippen LogP contribution in [0.5, 0.6) is 0 Å². The highest BCUT2D eigenvalue weighted by Crippen LogP contribution is 2.23. The van der Waals surface area contributed by atoms with Gasteiger partial charge in [-0.3, -0.25) is 4.79 Å². The molecule has 1 aliphatic carbocycles. The van der Waals surface area contributed by atoms with Gasteiger partial charge in [-0.1, -0.05) is 0 Å². The molecular formula is C9H17NO2. The average Bonchev–Trinajstić information content (AvgIpc) is 2.03. The number of hydrogen-bond donors (Lipinski definition) is 1. The molecule has 3 nitrogen and oxygen atoms in total. The highest BCUT2D eigenvalue weighted by atomic mass is 16.5. The third-order valence-corrected chi connectivity index (χ3v) is 2.41. The fourth-order valence-corrected chi connectivity index (χ4v) is 1.59. The van der Waals surface area contributed by atoms with Crippen LogP contribution in [0.15, 0.2) is 0 Å². The van der Waals surface area contributed by atoms with E-state index in [1.807, 2.05) is 0 Å². The van der Waals surface area contributed by atoms with Crippen molar-refractivity contribution in [2.24, 2.45) is 11.7 Å². The number of nitrogens with two attached hydrogens (primary N) is 1. The maximum Gasteiger partial charge on any atom is 0.302 e. The van der Waals surface area contributed by atoms with E-state index in [4.69, 9.17) is 10.5 Å². The molecule has 0 radical (unpaired) electrons. The zero-order chi connectivity index (χ0) is 8.97. The number of hydrogen-bond acceptors (Lipinski definition) is 3. The lowest BCUT2D eigenvalue weighted by molar-refractivity contribution is -0.142. The summed E-state index contributed by atoms with van der Waals surface area (Å²) in [5.41, 5.74) is 5.75. The molecule has 0 amide bonds. The van der Waals surface area contributed by atoms with Gasteiger partial charge in [-0.2, -0.15) is 0 Å². The van der Waals surface area contributed by atoms with Crippen LogP contribution in [0.2, 0.25) is 0 Å². The predicted octanol–water partition coefficient (Wildman–Crippen LogP) is 1.07. The summed E-state index contributed by atoms with van der Waals surface area (Å²) in [5, 5.41) is 0. The Morgan fingerprint density at radius 2 is 2.00 bits per heavy atom. The molecule has 1 fully saturated rings.